The van der Waals surface area contributed by atoms with Crippen LogP contribution in [0.25, 0.3) is 0 Å². The predicted octanol–water partition coefficient (Wildman–Crippen LogP) is 2.30. The van der Waals surface area contributed by atoms with Gasteiger partial charge in [0, 0.05) is 7.05 Å². The first-order valence-corrected chi connectivity index (χ1v) is 7.98. The Balaban J connectivity index is 2.97. The number of nitrogens with zero attached hydrogens (tertiary/aromatic N) is 2. The summed E-state index contributed by atoms with van der Waals surface area (Å²) in [5.74, 6) is 3.07. The highest BCUT2D eigenvalue weighted by Gasteiger charge is 2.08. The second-order valence-electron chi connectivity index (χ2n) is 3.97. The van der Waals surface area contributed by atoms with Gasteiger partial charge in [-0.25, -0.2) is 0 Å². The first kappa shape index (κ1) is 10.4. The molecule has 0 unspecified atom stereocenters. The summed E-state index contributed by atoms with van der Waals surface area (Å²) in [7, 11) is 0.497. The maximum Gasteiger partial charge on any atom is 0.142 e. The summed E-state index contributed by atoms with van der Waals surface area (Å²) in [5, 5.41) is 4.63. The Morgan fingerprint density at radius 2 is 2.08 bits per heavy atom. The third-order valence-electron chi connectivity index (χ3n) is 1.44. The van der Waals surface area contributed by atoms with Crippen molar-refractivity contribution in [1.82, 2.24) is 9.78 Å². The van der Waals surface area contributed by atoms with Gasteiger partial charge in [-0.05, 0) is 0 Å². The van der Waals surface area contributed by atoms with E-state index in [-0.39, 0.29) is 0 Å². The van der Waals surface area contributed by atoms with E-state index in [1.807, 2.05) is 7.05 Å². The van der Waals surface area contributed by atoms with E-state index in [9.17, 15) is 0 Å². The van der Waals surface area contributed by atoms with Gasteiger partial charge in [0.1, 0.15) is 13.2 Å². The zero-order valence-electron chi connectivity index (χ0n) is 8.35. The predicted molar refractivity (Wildman–Crippen MR) is 58.4 cm³/mol. The minimum absolute atomic E-state index is 0.616. The van der Waals surface area contributed by atoms with Gasteiger partial charge in [0.05, 0.1) is 11.8 Å². The Labute approximate surface area is 84.9 Å². The molecule has 0 atom stereocenters. The number of aromatic nitrogens is 2. The highest BCUT2D eigenvalue weighted by molar-refractivity contribution is 6.83. The van der Waals surface area contributed by atoms with Crippen LogP contribution in [0, 0.1) is 11.5 Å². The SMILES string of the molecule is Cn1ncc(C#C[Si](C)(C)C)c1Cl. The Kier molecular flexibility index (Phi) is 2.84. The van der Waals surface area contributed by atoms with Crippen LogP contribution in [0.4, 0.5) is 0 Å². The summed E-state index contributed by atoms with van der Waals surface area (Å²) in [4.78, 5) is 0. The average molecular weight is 213 g/mol. The Hall–Kier alpha value is -0.723. The minimum atomic E-state index is -1.31. The second kappa shape index (κ2) is 3.57. The third kappa shape index (κ3) is 2.91. The van der Waals surface area contributed by atoms with Gasteiger partial charge >= 0.3 is 0 Å². The molecule has 2 nitrogen and oxygen atoms in total. The van der Waals surface area contributed by atoms with Crippen molar-refractivity contribution in [3.63, 3.8) is 0 Å². The fourth-order valence-electron chi connectivity index (χ4n) is 0.761. The number of rotatable bonds is 0. The fourth-order valence-corrected chi connectivity index (χ4v) is 1.41. The summed E-state index contributed by atoms with van der Waals surface area (Å²) < 4.78 is 1.62. The van der Waals surface area contributed by atoms with Gasteiger partial charge in [-0.1, -0.05) is 37.2 Å². The van der Waals surface area contributed by atoms with Gasteiger partial charge in [0.25, 0.3) is 0 Å². The van der Waals surface area contributed by atoms with Crippen molar-refractivity contribution in [1.29, 1.82) is 0 Å². The molecule has 0 aliphatic rings. The van der Waals surface area contributed by atoms with Crippen molar-refractivity contribution in [2.24, 2.45) is 7.05 Å². The number of hydrogen-bond acceptors (Lipinski definition) is 1. The highest BCUT2D eigenvalue weighted by atomic mass is 35.5. The first-order valence-electron chi connectivity index (χ1n) is 4.11. The van der Waals surface area contributed by atoms with Crippen LogP contribution >= 0.6 is 11.6 Å². The van der Waals surface area contributed by atoms with Crippen molar-refractivity contribution in [3.8, 4) is 11.5 Å². The van der Waals surface area contributed by atoms with Crippen LogP contribution in [-0.2, 0) is 7.05 Å². The molecule has 1 rings (SSSR count). The van der Waals surface area contributed by atoms with Crippen LogP contribution in [0.1, 0.15) is 5.56 Å². The minimum Gasteiger partial charge on any atom is -0.256 e. The second-order valence-corrected chi connectivity index (χ2v) is 9.08. The number of halogens is 1. The lowest BCUT2D eigenvalue weighted by molar-refractivity contribution is 0.768. The standard InChI is InChI=1S/C9H13ClN2Si/c1-12-9(10)8(7-11-12)5-6-13(2,3)4/h7H,1-4H3. The van der Waals surface area contributed by atoms with E-state index in [2.05, 4.69) is 36.2 Å². The van der Waals surface area contributed by atoms with Crippen LogP contribution in [0.5, 0.6) is 0 Å². The molecule has 1 aromatic rings. The molecular formula is C9H13ClN2Si. The molecule has 13 heavy (non-hydrogen) atoms. The summed E-state index contributed by atoms with van der Waals surface area (Å²) in [6.07, 6.45) is 1.70. The van der Waals surface area contributed by atoms with E-state index in [1.54, 1.807) is 10.9 Å². The molecule has 0 N–H and O–H groups in total. The van der Waals surface area contributed by atoms with E-state index in [1.165, 1.54) is 0 Å². The zero-order valence-corrected chi connectivity index (χ0v) is 10.1. The van der Waals surface area contributed by atoms with Gasteiger partial charge in [-0.3, -0.25) is 4.68 Å². The van der Waals surface area contributed by atoms with Crippen LogP contribution < -0.4 is 0 Å². The van der Waals surface area contributed by atoms with Crippen LogP contribution in [-0.4, -0.2) is 17.9 Å². The zero-order chi connectivity index (χ0) is 10.1. The Morgan fingerprint density at radius 1 is 1.46 bits per heavy atom. The van der Waals surface area contributed by atoms with Gasteiger partial charge in [-0.2, -0.15) is 5.10 Å². The molecule has 0 spiro atoms. The maximum atomic E-state index is 5.95. The number of aryl methyl sites for hydroxylation is 1. The fraction of sp³-hybridized carbons (Fsp3) is 0.444. The van der Waals surface area contributed by atoms with E-state index in [0.717, 1.165) is 5.56 Å². The lowest BCUT2D eigenvalue weighted by atomic mass is 10.4. The molecule has 4 heteroatoms. The Morgan fingerprint density at radius 3 is 2.46 bits per heavy atom. The van der Waals surface area contributed by atoms with Crippen molar-refractivity contribution < 1.29 is 0 Å². The van der Waals surface area contributed by atoms with Gasteiger partial charge in [0.15, 0.2) is 0 Å². The largest absolute Gasteiger partial charge is 0.256 e. The molecule has 0 bridgehead atoms. The molecule has 0 aliphatic heterocycles. The highest BCUT2D eigenvalue weighted by Crippen LogP contribution is 2.12. The molecular weight excluding hydrogens is 200 g/mol. The van der Waals surface area contributed by atoms with Gasteiger partial charge in [0.2, 0.25) is 0 Å². The quantitative estimate of drug-likeness (QED) is 0.477. The first-order chi connectivity index (χ1) is 5.90. The smallest absolute Gasteiger partial charge is 0.142 e. The van der Waals surface area contributed by atoms with Crippen LogP contribution in [0.3, 0.4) is 0 Å². The van der Waals surface area contributed by atoms with E-state index >= 15 is 0 Å². The third-order valence-corrected chi connectivity index (χ3v) is 2.76. The normalized spacial score (nSPS) is 10.8. The lowest BCUT2D eigenvalue weighted by Crippen LogP contribution is -2.16. The van der Waals surface area contributed by atoms with Crippen molar-refractivity contribution in [3.05, 3.63) is 16.9 Å². The summed E-state index contributed by atoms with van der Waals surface area (Å²) in [6, 6.07) is 0. The maximum absolute atomic E-state index is 5.95. The molecule has 70 valence electrons. The molecule has 0 aromatic carbocycles. The molecule has 1 heterocycles. The average Bonchev–Trinajstić information content (AvgIpc) is 2.29. The topological polar surface area (TPSA) is 17.8 Å². The molecule has 0 amide bonds. The summed E-state index contributed by atoms with van der Waals surface area (Å²) in [5.41, 5.74) is 4.07. The van der Waals surface area contributed by atoms with Crippen LogP contribution in [0.15, 0.2) is 6.20 Å². The van der Waals surface area contributed by atoms with Gasteiger partial charge < -0.3 is 0 Å². The molecule has 0 radical (unpaired) electrons. The van der Waals surface area contributed by atoms with E-state index < -0.39 is 8.07 Å². The summed E-state index contributed by atoms with van der Waals surface area (Å²) in [6.45, 7) is 6.60. The van der Waals surface area contributed by atoms with E-state index in [0.29, 0.717) is 5.15 Å². The molecule has 1 aromatic heterocycles. The van der Waals surface area contributed by atoms with Crippen LogP contribution in [0.2, 0.25) is 24.8 Å². The molecule has 0 fully saturated rings. The molecule has 0 saturated carbocycles. The van der Waals surface area contributed by atoms with E-state index in [4.69, 9.17) is 11.6 Å². The number of hydrogen-bond donors (Lipinski definition) is 0. The van der Waals surface area contributed by atoms with Crippen molar-refractivity contribution >= 4 is 19.7 Å². The molecule has 0 saturated heterocycles. The van der Waals surface area contributed by atoms with Crippen molar-refractivity contribution in [2.75, 3.05) is 0 Å². The monoisotopic (exact) mass is 212 g/mol. The van der Waals surface area contributed by atoms with Gasteiger partial charge in [-0.15, -0.1) is 5.54 Å². The Bertz CT molecular complexity index is 365. The lowest BCUT2D eigenvalue weighted by Gasteiger charge is -2.02. The van der Waals surface area contributed by atoms with Crippen molar-refractivity contribution in [2.45, 2.75) is 19.6 Å². The summed E-state index contributed by atoms with van der Waals surface area (Å²) >= 11 is 5.95. The molecule has 0 aliphatic carbocycles.